The summed E-state index contributed by atoms with van der Waals surface area (Å²) in [6.07, 6.45) is 2.69. The van der Waals surface area contributed by atoms with Gasteiger partial charge in [-0.1, -0.05) is 6.92 Å². The Balaban J connectivity index is 3.00. The lowest BCUT2D eigenvalue weighted by Gasteiger charge is -2.28. The summed E-state index contributed by atoms with van der Waals surface area (Å²) < 4.78 is 4.71. The third-order valence-electron chi connectivity index (χ3n) is 2.92. The molecule has 0 radical (unpaired) electrons. The SMILES string of the molecule is CCC(C)N(CC)c1cc(C(=O)OC)ccn1. The molecule has 0 bridgehead atoms. The molecule has 0 aliphatic carbocycles. The van der Waals surface area contributed by atoms with E-state index in [9.17, 15) is 4.79 Å². The zero-order chi connectivity index (χ0) is 12.8. The molecule has 0 fully saturated rings. The maximum atomic E-state index is 11.4. The zero-order valence-electron chi connectivity index (χ0n) is 10.9. The van der Waals surface area contributed by atoms with Gasteiger partial charge in [-0.3, -0.25) is 0 Å². The van der Waals surface area contributed by atoms with Crippen molar-refractivity contribution in [2.75, 3.05) is 18.6 Å². The first-order chi connectivity index (χ1) is 8.13. The Morgan fingerprint density at radius 1 is 1.53 bits per heavy atom. The number of carbonyl (C=O) groups excluding carboxylic acids is 1. The quantitative estimate of drug-likeness (QED) is 0.737. The smallest absolute Gasteiger partial charge is 0.338 e. The molecule has 0 spiro atoms. The predicted molar refractivity (Wildman–Crippen MR) is 68.3 cm³/mol. The highest BCUT2D eigenvalue weighted by Crippen LogP contribution is 2.17. The number of rotatable bonds is 5. The second kappa shape index (κ2) is 6.23. The maximum Gasteiger partial charge on any atom is 0.338 e. The van der Waals surface area contributed by atoms with Crippen molar-refractivity contribution in [1.29, 1.82) is 0 Å². The normalized spacial score (nSPS) is 12.0. The standard InChI is InChI=1S/C13H20N2O2/c1-5-10(3)15(6-2)12-9-11(7-8-14-12)13(16)17-4/h7-10H,5-6H2,1-4H3. The van der Waals surface area contributed by atoms with Gasteiger partial charge in [0.2, 0.25) is 0 Å². The van der Waals surface area contributed by atoms with Gasteiger partial charge >= 0.3 is 5.97 Å². The van der Waals surface area contributed by atoms with E-state index in [1.54, 1.807) is 18.3 Å². The fourth-order valence-electron chi connectivity index (χ4n) is 1.74. The molecule has 1 heterocycles. The Bertz CT molecular complexity index is 379. The number of methoxy groups -OCH3 is 1. The Morgan fingerprint density at radius 2 is 2.24 bits per heavy atom. The van der Waals surface area contributed by atoms with Crippen molar-refractivity contribution in [3.63, 3.8) is 0 Å². The summed E-state index contributed by atoms with van der Waals surface area (Å²) in [5, 5.41) is 0. The van der Waals surface area contributed by atoms with E-state index in [1.165, 1.54) is 7.11 Å². The summed E-state index contributed by atoms with van der Waals surface area (Å²) in [6.45, 7) is 7.23. The van der Waals surface area contributed by atoms with Crippen LogP contribution in [0.4, 0.5) is 5.82 Å². The van der Waals surface area contributed by atoms with Gasteiger partial charge in [0, 0.05) is 18.8 Å². The highest BCUT2D eigenvalue weighted by atomic mass is 16.5. The molecule has 94 valence electrons. The van der Waals surface area contributed by atoms with Gasteiger partial charge in [-0.2, -0.15) is 0 Å². The molecule has 17 heavy (non-hydrogen) atoms. The molecule has 1 aromatic rings. The molecular weight excluding hydrogens is 216 g/mol. The van der Waals surface area contributed by atoms with Gasteiger partial charge in [0.05, 0.1) is 12.7 Å². The van der Waals surface area contributed by atoms with Gasteiger partial charge in [-0.05, 0) is 32.4 Å². The van der Waals surface area contributed by atoms with Crippen molar-refractivity contribution in [2.24, 2.45) is 0 Å². The van der Waals surface area contributed by atoms with Gasteiger partial charge in [0.15, 0.2) is 0 Å². The Labute approximate surface area is 103 Å². The minimum atomic E-state index is -0.325. The topological polar surface area (TPSA) is 42.4 Å². The Hall–Kier alpha value is -1.58. The van der Waals surface area contributed by atoms with Gasteiger partial charge in [-0.25, -0.2) is 9.78 Å². The molecule has 0 saturated heterocycles. The third kappa shape index (κ3) is 3.19. The first-order valence-corrected chi connectivity index (χ1v) is 5.95. The van der Waals surface area contributed by atoms with Crippen LogP contribution in [0, 0.1) is 0 Å². The summed E-state index contributed by atoms with van der Waals surface area (Å²) in [5.41, 5.74) is 0.541. The minimum Gasteiger partial charge on any atom is -0.465 e. The fourth-order valence-corrected chi connectivity index (χ4v) is 1.74. The highest BCUT2D eigenvalue weighted by molar-refractivity contribution is 5.90. The second-order valence-corrected chi connectivity index (χ2v) is 3.94. The molecular formula is C13H20N2O2. The van der Waals surface area contributed by atoms with E-state index in [-0.39, 0.29) is 5.97 Å². The van der Waals surface area contributed by atoms with E-state index in [0.29, 0.717) is 11.6 Å². The molecule has 0 aliphatic heterocycles. The molecule has 1 rings (SSSR count). The lowest BCUT2D eigenvalue weighted by atomic mass is 10.2. The van der Waals surface area contributed by atoms with Crippen LogP contribution in [0.5, 0.6) is 0 Å². The number of carbonyl (C=O) groups is 1. The average molecular weight is 236 g/mol. The van der Waals surface area contributed by atoms with Crippen molar-refractivity contribution in [3.8, 4) is 0 Å². The number of nitrogens with zero attached hydrogens (tertiary/aromatic N) is 2. The van der Waals surface area contributed by atoms with Crippen molar-refractivity contribution in [1.82, 2.24) is 4.98 Å². The van der Waals surface area contributed by atoms with Crippen molar-refractivity contribution in [3.05, 3.63) is 23.9 Å². The van der Waals surface area contributed by atoms with E-state index < -0.39 is 0 Å². The number of ether oxygens (including phenoxy) is 1. The number of anilines is 1. The van der Waals surface area contributed by atoms with Crippen molar-refractivity contribution < 1.29 is 9.53 Å². The maximum absolute atomic E-state index is 11.4. The monoisotopic (exact) mass is 236 g/mol. The largest absolute Gasteiger partial charge is 0.465 e. The Morgan fingerprint density at radius 3 is 2.76 bits per heavy atom. The highest BCUT2D eigenvalue weighted by Gasteiger charge is 2.14. The molecule has 0 aromatic carbocycles. The molecule has 4 heteroatoms. The number of hydrogen-bond donors (Lipinski definition) is 0. The first-order valence-electron chi connectivity index (χ1n) is 5.95. The van der Waals surface area contributed by atoms with Crippen LogP contribution in [0.1, 0.15) is 37.6 Å². The summed E-state index contributed by atoms with van der Waals surface area (Å²) in [7, 11) is 1.38. The molecule has 1 aromatic heterocycles. The van der Waals surface area contributed by atoms with Crippen LogP contribution in [-0.4, -0.2) is 30.6 Å². The summed E-state index contributed by atoms with van der Waals surface area (Å²) in [4.78, 5) is 17.9. The molecule has 4 nitrogen and oxygen atoms in total. The van der Waals surface area contributed by atoms with E-state index in [4.69, 9.17) is 4.74 Å². The van der Waals surface area contributed by atoms with Crippen molar-refractivity contribution in [2.45, 2.75) is 33.2 Å². The van der Waals surface area contributed by atoms with E-state index in [0.717, 1.165) is 18.8 Å². The van der Waals surface area contributed by atoms with E-state index in [1.807, 2.05) is 0 Å². The summed E-state index contributed by atoms with van der Waals surface area (Å²) in [6, 6.07) is 3.85. The average Bonchev–Trinajstić information content (AvgIpc) is 2.38. The summed E-state index contributed by atoms with van der Waals surface area (Å²) >= 11 is 0. The fraction of sp³-hybridized carbons (Fsp3) is 0.538. The molecule has 1 atom stereocenters. The molecule has 1 unspecified atom stereocenters. The lowest BCUT2D eigenvalue weighted by Crippen LogP contribution is -2.33. The number of esters is 1. The van der Waals surface area contributed by atoms with Crippen LogP contribution in [0.25, 0.3) is 0 Å². The molecule has 0 saturated carbocycles. The second-order valence-electron chi connectivity index (χ2n) is 3.94. The van der Waals surface area contributed by atoms with Gasteiger partial charge in [-0.15, -0.1) is 0 Å². The van der Waals surface area contributed by atoms with Crippen molar-refractivity contribution >= 4 is 11.8 Å². The van der Waals surface area contributed by atoms with Crippen LogP contribution in [-0.2, 0) is 4.74 Å². The summed E-state index contributed by atoms with van der Waals surface area (Å²) in [5.74, 6) is 0.499. The van der Waals surface area contributed by atoms with E-state index in [2.05, 4.69) is 30.7 Å². The van der Waals surface area contributed by atoms with Crippen LogP contribution >= 0.6 is 0 Å². The predicted octanol–water partition coefficient (Wildman–Crippen LogP) is 2.49. The van der Waals surface area contributed by atoms with E-state index >= 15 is 0 Å². The molecule has 0 aliphatic rings. The van der Waals surface area contributed by atoms with Gasteiger partial charge in [0.1, 0.15) is 5.82 Å². The van der Waals surface area contributed by atoms with Crippen LogP contribution in [0.3, 0.4) is 0 Å². The van der Waals surface area contributed by atoms with Gasteiger partial charge < -0.3 is 9.64 Å². The first kappa shape index (κ1) is 13.5. The number of aromatic nitrogens is 1. The third-order valence-corrected chi connectivity index (χ3v) is 2.92. The number of pyridine rings is 1. The van der Waals surface area contributed by atoms with Crippen LogP contribution < -0.4 is 4.90 Å². The van der Waals surface area contributed by atoms with Crippen LogP contribution in [0.15, 0.2) is 18.3 Å². The van der Waals surface area contributed by atoms with Crippen LogP contribution in [0.2, 0.25) is 0 Å². The zero-order valence-corrected chi connectivity index (χ0v) is 10.9. The Kier molecular flexibility index (Phi) is 4.94. The van der Waals surface area contributed by atoms with Gasteiger partial charge in [0.25, 0.3) is 0 Å². The molecule has 0 N–H and O–H groups in total. The molecule has 0 amide bonds. The minimum absolute atomic E-state index is 0.325. The number of hydrogen-bond acceptors (Lipinski definition) is 4. The lowest BCUT2D eigenvalue weighted by molar-refractivity contribution is 0.0600.